The fraction of sp³-hybridized carbons (Fsp3) is 1.00. The van der Waals surface area contributed by atoms with Gasteiger partial charge in [-0.3, -0.25) is 0 Å². The van der Waals surface area contributed by atoms with Crippen LogP contribution in [0.2, 0.25) is 0 Å². The van der Waals surface area contributed by atoms with Gasteiger partial charge in [0, 0.05) is 0 Å². The van der Waals surface area contributed by atoms with Crippen LogP contribution < -0.4 is 0 Å². The molecule has 0 saturated carbocycles. The molecular formula is C6H16O6P2. The van der Waals surface area contributed by atoms with Crippen molar-refractivity contribution in [1.29, 1.82) is 0 Å². The molecular weight excluding hydrogens is 230 g/mol. The van der Waals surface area contributed by atoms with Gasteiger partial charge in [0.25, 0.3) is 0 Å². The molecule has 0 rings (SSSR count). The highest BCUT2D eigenvalue weighted by Gasteiger charge is 2.47. The smallest absolute Gasteiger partial charge is 0.316 e. The molecule has 14 heavy (non-hydrogen) atoms. The topological polar surface area (TPSA) is 82.1 Å². The molecule has 86 valence electrons. The van der Waals surface area contributed by atoms with Crippen LogP contribution in [0.4, 0.5) is 0 Å². The van der Waals surface area contributed by atoms with Crippen molar-refractivity contribution in [2.75, 3.05) is 19.8 Å². The SMILES string of the molecule is CCOP(=O)(O)P(=O)(OCC)OCC. The van der Waals surface area contributed by atoms with Gasteiger partial charge in [-0.25, -0.2) is 9.13 Å². The molecule has 0 aliphatic rings. The number of hydrogen-bond donors (Lipinski definition) is 1. The van der Waals surface area contributed by atoms with Crippen LogP contribution in [0.5, 0.6) is 0 Å². The molecule has 0 heterocycles. The third-order valence-electron chi connectivity index (χ3n) is 1.19. The minimum atomic E-state index is -4.34. The lowest BCUT2D eigenvalue weighted by atomic mass is 10.9. The van der Waals surface area contributed by atoms with Crippen molar-refractivity contribution in [2.45, 2.75) is 20.8 Å². The molecule has 6 nitrogen and oxygen atoms in total. The van der Waals surface area contributed by atoms with E-state index in [1.54, 1.807) is 13.8 Å². The van der Waals surface area contributed by atoms with Crippen LogP contribution in [-0.2, 0) is 22.7 Å². The van der Waals surface area contributed by atoms with Crippen molar-refractivity contribution < 1.29 is 27.6 Å². The van der Waals surface area contributed by atoms with Gasteiger partial charge in [-0.2, -0.15) is 0 Å². The summed E-state index contributed by atoms with van der Waals surface area (Å²) in [4.78, 5) is 9.32. The molecule has 0 radical (unpaired) electrons. The van der Waals surface area contributed by atoms with Crippen molar-refractivity contribution >= 4 is 14.6 Å². The van der Waals surface area contributed by atoms with Crippen LogP contribution in [0.1, 0.15) is 20.8 Å². The lowest BCUT2D eigenvalue weighted by Gasteiger charge is -2.20. The first kappa shape index (κ1) is 14.3. The Kier molecular flexibility index (Phi) is 6.14. The van der Waals surface area contributed by atoms with E-state index in [-0.39, 0.29) is 19.8 Å². The zero-order chi connectivity index (χ0) is 11.2. The molecule has 0 bridgehead atoms. The van der Waals surface area contributed by atoms with Crippen LogP contribution in [-0.4, -0.2) is 24.7 Å². The Morgan fingerprint density at radius 2 is 1.29 bits per heavy atom. The van der Waals surface area contributed by atoms with Gasteiger partial charge in [0.2, 0.25) is 0 Å². The molecule has 1 unspecified atom stereocenters. The Bertz CT molecular complexity index is 243. The zero-order valence-electron chi connectivity index (χ0n) is 8.50. The Hall–Kier alpha value is 0.300. The van der Waals surface area contributed by atoms with E-state index < -0.39 is 14.6 Å². The Morgan fingerprint density at radius 1 is 0.929 bits per heavy atom. The van der Waals surface area contributed by atoms with E-state index in [0.717, 1.165) is 0 Å². The van der Waals surface area contributed by atoms with Crippen molar-refractivity contribution in [3.8, 4) is 0 Å². The summed E-state index contributed by atoms with van der Waals surface area (Å²) in [6.07, 6.45) is 0. The second-order valence-corrected chi connectivity index (χ2v) is 7.89. The first-order valence-electron chi connectivity index (χ1n) is 4.30. The Morgan fingerprint density at radius 3 is 1.57 bits per heavy atom. The van der Waals surface area contributed by atoms with Crippen molar-refractivity contribution in [1.82, 2.24) is 0 Å². The van der Waals surface area contributed by atoms with Crippen LogP contribution in [0.25, 0.3) is 0 Å². The molecule has 8 heteroatoms. The van der Waals surface area contributed by atoms with Gasteiger partial charge in [-0.1, -0.05) is 0 Å². The van der Waals surface area contributed by atoms with E-state index in [4.69, 9.17) is 0 Å². The van der Waals surface area contributed by atoms with E-state index in [2.05, 4.69) is 13.6 Å². The predicted octanol–water partition coefficient (Wildman–Crippen LogP) is 2.39. The molecule has 0 aliphatic heterocycles. The van der Waals surface area contributed by atoms with E-state index in [1.165, 1.54) is 6.92 Å². The average Bonchev–Trinajstić information content (AvgIpc) is 2.04. The van der Waals surface area contributed by atoms with Gasteiger partial charge in [-0.15, -0.1) is 0 Å². The maximum Gasteiger partial charge on any atom is 0.441 e. The Balaban J connectivity index is 4.79. The van der Waals surface area contributed by atoms with Crippen molar-refractivity contribution in [3.63, 3.8) is 0 Å². The maximum absolute atomic E-state index is 11.7. The maximum atomic E-state index is 11.7. The summed E-state index contributed by atoms with van der Waals surface area (Å²) < 4.78 is 37.0. The fourth-order valence-corrected chi connectivity index (χ4v) is 4.58. The highest BCUT2D eigenvalue weighted by atomic mass is 32.1. The van der Waals surface area contributed by atoms with Gasteiger partial charge in [0.05, 0.1) is 19.8 Å². The van der Waals surface area contributed by atoms with Gasteiger partial charge >= 0.3 is 14.6 Å². The highest BCUT2D eigenvalue weighted by molar-refractivity contribution is 8.27. The van der Waals surface area contributed by atoms with Crippen LogP contribution >= 0.6 is 14.6 Å². The summed E-state index contributed by atoms with van der Waals surface area (Å²) in [5.41, 5.74) is 0. The zero-order valence-corrected chi connectivity index (χ0v) is 10.3. The van der Waals surface area contributed by atoms with Gasteiger partial charge in [0.15, 0.2) is 0 Å². The molecule has 0 spiro atoms. The summed E-state index contributed by atoms with van der Waals surface area (Å²) in [6.45, 7) is 4.64. The lowest BCUT2D eigenvalue weighted by Crippen LogP contribution is -1.99. The summed E-state index contributed by atoms with van der Waals surface area (Å²) in [6, 6.07) is 0. The largest absolute Gasteiger partial charge is 0.441 e. The van der Waals surface area contributed by atoms with Crippen LogP contribution in [0, 0.1) is 0 Å². The van der Waals surface area contributed by atoms with Crippen molar-refractivity contribution in [2.24, 2.45) is 0 Å². The summed E-state index contributed by atoms with van der Waals surface area (Å²) in [7, 11) is -8.39. The second-order valence-electron chi connectivity index (χ2n) is 2.21. The predicted molar refractivity (Wildman–Crippen MR) is 52.3 cm³/mol. The number of rotatable bonds is 7. The average molecular weight is 246 g/mol. The van der Waals surface area contributed by atoms with E-state index in [0.29, 0.717) is 0 Å². The summed E-state index contributed by atoms with van der Waals surface area (Å²) in [5, 5.41) is 0. The third kappa shape index (κ3) is 3.46. The van der Waals surface area contributed by atoms with Gasteiger partial charge < -0.3 is 18.5 Å². The van der Waals surface area contributed by atoms with E-state index in [9.17, 15) is 14.0 Å². The summed E-state index contributed by atoms with van der Waals surface area (Å²) >= 11 is 0. The fourth-order valence-electron chi connectivity index (χ4n) is 0.748. The van der Waals surface area contributed by atoms with E-state index >= 15 is 0 Å². The molecule has 0 amide bonds. The molecule has 1 atom stereocenters. The molecule has 0 aromatic carbocycles. The van der Waals surface area contributed by atoms with Crippen molar-refractivity contribution in [3.05, 3.63) is 0 Å². The standard InChI is InChI=1S/C6H16O6P2/c1-4-10-13(7,8)14(9,11-5-2)12-6-3/h4-6H2,1-3H3,(H,7,8). The molecule has 0 fully saturated rings. The minimum absolute atomic E-state index is 0.0227. The molecule has 0 aliphatic carbocycles. The third-order valence-corrected chi connectivity index (χ3v) is 6.47. The number of hydrogen-bond acceptors (Lipinski definition) is 5. The molecule has 0 aromatic heterocycles. The molecule has 0 aromatic rings. The van der Waals surface area contributed by atoms with Gasteiger partial charge in [-0.05, 0) is 20.8 Å². The normalized spacial score (nSPS) is 16.6. The van der Waals surface area contributed by atoms with Crippen LogP contribution in [0.15, 0.2) is 0 Å². The lowest BCUT2D eigenvalue weighted by molar-refractivity contribution is 0.211. The Labute approximate surface area is 83.5 Å². The monoisotopic (exact) mass is 246 g/mol. The molecule has 1 N–H and O–H groups in total. The first-order chi connectivity index (χ1) is 6.43. The van der Waals surface area contributed by atoms with Gasteiger partial charge in [0.1, 0.15) is 0 Å². The van der Waals surface area contributed by atoms with Crippen LogP contribution in [0.3, 0.4) is 0 Å². The second kappa shape index (κ2) is 6.01. The molecule has 0 saturated heterocycles. The quantitative estimate of drug-likeness (QED) is 0.694. The summed E-state index contributed by atoms with van der Waals surface area (Å²) in [5.74, 6) is 0. The van der Waals surface area contributed by atoms with E-state index in [1.807, 2.05) is 0 Å². The minimum Gasteiger partial charge on any atom is -0.316 e. The highest BCUT2D eigenvalue weighted by Crippen LogP contribution is 2.80. The first-order valence-corrected chi connectivity index (χ1v) is 8.13.